The second-order valence-corrected chi connectivity index (χ2v) is 9.06. The molecule has 0 saturated carbocycles. The second-order valence-electron chi connectivity index (χ2n) is 5.99. The Labute approximate surface area is 166 Å². The standard InChI is InChI=1S/C19H18FN3O3S2/c1-22(28(25,26)18-5-2-10-21-12-18)14-19(24)23(13-17-4-3-11-27-17)16-8-6-15(20)7-9-16/h2-12H,13-14H2,1H3. The summed E-state index contributed by atoms with van der Waals surface area (Å²) in [5, 5.41) is 1.89. The van der Waals surface area contributed by atoms with Crippen LogP contribution in [0, 0.1) is 5.82 Å². The van der Waals surface area contributed by atoms with E-state index in [2.05, 4.69) is 4.98 Å². The second kappa shape index (κ2) is 8.59. The number of rotatable bonds is 7. The average Bonchev–Trinajstić information content (AvgIpc) is 3.21. The zero-order valence-corrected chi connectivity index (χ0v) is 16.7. The molecule has 0 atom stereocenters. The van der Waals surface area contributed by atoms with Gasteiger partial charge >= 0.3 is 0 Å². The van der Waals surface area contributed by atoms with Gasteiger partial charge in [-0.2, -0.15) is 4.31 Å². The van der Waals surface area contributed by atoms with Crippen molar-refractivity contribution in [3.8, 4) is 0 Å². The van der Waals surface area contributed by atoms with Crippen LogP contribution in [-0.4, -0.2) is 37.2 Å². The van der Waals surface area contributed by atoms with Gasteiger partial charge in [0.2, 0.25) is 15.9 Å². The fourth-order valence-electron chi connectivity index (χ4n) is 2.54. The van der Waals surface area contributed by atoms with Crippen LogP contribution in [0.5, 0.6) is 0 Å². The number of carbonyl (C=O) groups excluding carboxylic acids is 1. The molecule has 1 aromatic carbocycles. The van der Waals surface area contributed by atoms with Gasteiger partial charge in [-0.05, 0) is 47.8 Å². The molecule has 0 bridgehead atoms. The van der Waals surface area contributed by atoms with Gasteiger partial charge in [-0.15, -0.1) is 11.3 Å². The molecule has 0 radical (unpaired) electrons. The maximum atomic E-state index is 13.3. The minimum Gasteiger partial charge on any atom is -0.306 e. The summed E-state index contributed by atoms with van der Waals surface area (Å²) in [6.45, 7) is -0.0944. The normalized spacial score (nSPS) is 11.5. The minimum absolute atomic E-state index is 0.0110. The van der Waals surface area contributed by atoms with Crippen LogP contribution >= 0.6 is 11.3 Å². The van der Waals surface area contributed by atoms with Gasteiger partial charge in [0.15, 0.2) is 0 Å². The molecule has 0 aliphatic carbocycles. The number of hydrogen-bond donors (Lipinski definition) is 0. The van der Waals surface area contributed by atoms with Crippen LogP contribution in [0.3, 0.4) is 0 Å². The summed E-state index contributed by atoms with van der Waals surface area (Å²) in [6, 6.07) is 12.2. The van der Waals surface area contributed by atoms with Gasteiger partial charge in [0, 0.05) is 30.0 Å². The summed E-state index contributed by atoms with van der Waals surface area (Å²) in [5.41, 5.74) is 0.493. The summed E-state index contributed by atoms with van der Waals surface area (Å²) in [7, 11) is -2.51. The van der Waals surface area contributed by atoms with E-state index >= 15 is 0 Å². The Kier molecular flexibility index (Phi) is 6.18. The summed E-state index contributed by atoms with van der Waals surface area (Å²) >= 11 is 1.48. The Morgan fingerprint density at radius 3 is 2.50 bits per heavy atom. The molecule has 3 aromatic rings. The SMILES string of the molecule is CN(CC(=O)N(Cc1cccs1)c1ccc(F)cc1)S(=O)(=O)c1cccnc1. The van der Waals surface area contributed by atoms with Gasteiger partial charge < -0.3 is 4.90 Å². The number of amides is 1. The van der Waals surface area contributed by atoms with Crippen molar-refractivity contribution < 1.29 is 17.6 Å². The Bertz CT molecular complexity index is 1020. The van der Waals surface area contributed by atoms with E-state index in [4.69, 9.17) is 0 Å². The number of benzene rings is 1. The molecular weight excluding hydrogens is 401 g/mol. The lowest BCUT2D eigenvalue weighted by Crippen LogP contribution is -2.41. The van der Waals surface area contributed by atoms with Crippen molar-refractivity contribution >= 4 is 33.0 Å². The van der Waals surface area contributed by atoms with Crippen LogP contribution < -0.4 is 4.90 Å². The van der Waals surface area contributed by atoms with Crippen molar-refractivity contribution in [2.24, 2.45) is 0 Å². The zero-order chi connectivity index (χ0) is 20.1. The maximum absolute atomic E-state index is 13.3. The molecule has 9 heteroatoms. The number of hydrogen-bond acceptors (Lipinski definition) is 5. The fourth-order valence-corrected chi connectivity index (χ4v) is 4.32. The van der Waals surface area contributed by atoms with Gasteiger partial charge in [-0.1, -0.05) is 6.07 Å². The molecule has 0 spiro atoms. The molecule has 3 rings (SSSR count). The van der Waals surface area contributed by atoms with Crippen LogP contribution in [0.15, 0.2) is 71.2 Å². The smallest absolute Gasteiger partial charge is 0.244 e. The van der Waals surface area contributed by atoms with E-state index in [1.807, 2.05) is 17.5 Å². The number of thiophene rings is 1. The zero-order valence-electron chi connectivity index (χ0n) is 15.0. The van der Waals surface area contributed by atoms with Gasteiger partial charge in [-0.3, -0.25) is 9.78 Å². The first-order chi connectivity index (χ1) is 13.4. The first-order valence-corrected chi connectivity index (χ1v) is 10.6. The fraction of sp³-hybridized carbons (Fsp3) is 0.158. The maximum Gasteiger partial charge on any atom is 0.244 e. The Morgan fingerprint density at radius 2 is 1.89 bits per heavy atom. The number of nitrogens with zero attached hydrogens (tertiary/aromatic N) is 3. The molecular formula is C19H18FN3O3S2. The van der Waals surface area contributed by atoms with Crippen LogP contribution in [0.25, 0.3) is 0 Å². The van der Waals surface area contributed by atoms with Gasteiger partial charge in [0.25, 0.3) is 0 Å². The predicted molar refractivity (Wildman–Crippen MR) is 106 cm³/mol. The first kappa shape index (κ1) is 20.1. The number of anilines is 1. The predicted octanol–water partition coefficient (Wildman–Crippen LogP) is 3.14. The monoisotopic (exact) mass is 419 g/mol. The van der Waals surface area contributed by atoms with E-state index in [1.54, 1.807) is 0 Å². The molecule has 28 heavy (non-hydrogen) atoms. The highest BCUT2D eigenvalue weighted by Crippen LogP contribution is 2.21. The first-order valence-electron chi connectivity index (χ1n) is 8.32. The lowest BCUT2D eigenvalue weighted by molar-refractivity contribution is -0.118. The summed E-state index contributed by atoms with van der Waals surface area (Å²) in [6.07, 6.45) is 2.71. The lowest BCUT2D eigenvalue weighted by Gasteiger charge is -2.25. The van der Waals surface area contributed by atoms with Crippen LogP contribution in [-0.2, 0) is 21.4 Å². The molecule has 1 amide bonds. The lowest BCUT2D eigenvalue weighted by atomic mass is 10.2. The van der Waals surface area contributed by atoms with Crippen molar-refractivity contribution in [3.63, 3.8) is 0 Å². The molecule has 0 aliphatic rings. The molecule has 0 fully saturated rings. The largest absolute Gasteiger partial charge is 0.306 e. The quantitative estimate of drug-likeness (QED) is 0.590. The Hall–Kier alpha value is -2.62. The van der Waals surface area contributed by atoms with Gasteiger partial charge in [0.05, 0.1) is 13.1 Å². The van der Waals surface area contributed by atoms with Crippen molar-refractivity contribution in [1.29, 1.82) is 0 Å². The highest BCUT2D eigenvalue weighted by molar-refractivity contribution is 7.89. The number of pyridine rings is 1. The third kappa shape index (κ3) is 4.61. The van der Waals surface area contributed by atoms with E-state index in [9.17, 15) is 17.6 Å². The van der Waals surface area contributed by atoms with Crippen LogP contribution in [0.4, 0.5) is 10.1 Å². The van der Waals surface area contributed by atoms with Gasteiger partial charge in [0.1, 0.15) is 10.7 Å². The third-order valence-corrected chi connectivity index (χ3v) is 6.68. The summed E-state index contributed by atoms with van der Waals surface area (Å²) in [5.74, 6) is -0.835. The summed E-state index contributed by atoms with van der Waals surface area (Å²) in [4.78, 5) is 19.2. The van der Waals surface area contributed by atoms with E-state index in [-0.39, 0.29) is 18.0 Å². The highest BCUT2D eigenvalue weighted by atomic mass is 32.2. The third-order valence-electron chi connectivity index (χ3n) is 4.03. The molecule has 0 saturated heterocycles. The summed E-state index contributed by atoms with van der Waals surface area (Å²) < 4.78 is 39.6. The van der Waals surface area contributed by atoms with Crippen molar-refractivity contribution in [1.82, 2.24) is 9.29 Å². The molecule has 0 unspecified atom stereocenters. The van der Waals surface area contributed by atoms with Crippen molar-refractivity contribution in [2.45, 2.75) is 11.4 Å². The number of sulfonamides is 1. The van der Waals surface area contributed by atoms with Crippen molar-refractivity contribution in [3.05, 3.63) is 77.0 Å². The Morgan fingerprint density at radius 1 is 1.14 bits per heavy atom. The molecule has 146 valence electrons. The topological polar surface area (TPSA) is 70.6 Å². The highest BCUT2D eigenvalue weighted by Gasteiger charge is 2.26. The van der Waals surface area contributed by atoms with Gasteiger partial charge in [-0.25, -0.2) is 12.8 Å². The number of carbonyl (C=O) groups is 1. The van der Waals surface area contributed by atoms with E-state index < -0.39 is 21.7 Å². The number of aromatic nitrogens is 1. The molecule has 0 aliphatic heterocycles. The van der Waals surface area contributed by atoms with E-state index in [0.717, 1.165) is 9.18 Å². The number of halogens is 1. The van der Waals surface area contributed by atoms with Crippen molar-refractivity contribution in [2.75, 3.05) is 18.5 Å². The minimum atomic E-state index is -3.85. The Balaban J connectivity index is 1.83. The molecule has 6 nitrogen and oxygen atoms in total. The molecule has 2 heterocycles. The number of likely N-dealkylation sites (N-methyl/N-ethyl adjacent to an activating group) is 1. The van der Waals surface area contributed by atoms with E-state index in [0.29, 0.717) is 5.69 Å². The average molecular weight is 420 g/mol. The molecule has 0 N–H and O–H groups in total. The van der Waals surface area contributed by atoms with Crippen LogP contribution in [0.2, 0.25) is 0 Å². The van der Waals surface area contributed by atoms with E-state index in [1.165, 1.54) is 72.1 Å². The van der Waals surface area contributed by atoms with Crippen LogP contribution in [0.1, 0.15) is 4.88 Å². The molecule has 2 aromatic heterocycles.